The van der Waals surface area contributed by atoms with Gasteiger partial charge in [0.15, 0.2) is 0 Å². The topological polar surface area (TPSA) is 35.2 Å². The third kappa shape index (κ3) is 3.49. The van der Waals surface area contributed by atoms with Gasteiger partial charge >= 0.3 is 0 Å². The Morgan fingerprint density at radius 1 is 1.11 bits per heavy atom. The first-order valence-corrected chi connectivity index (χ1v) is 6.81. The Morgan fingerprint density at radius 2 is 1.79 bits per heavy atom. The van der Waals surface area contributed by atoms with Gasteiger partial charge in [-0.3, -0.25) is 0 Å². The fourth-order valence-electron chi connectivity index (χ4n) is 1.91. The van der Waals surface area contributed by atoms with Crippen molar-refractivity contribution in [1.82, 2.24) is 0 Å². The lowest BCUT2D eigenvalue weighted by atomic mass is 10.0. The molecule has 0 aliphatic heterocycles. The summed E-state index contributed by atoms with van der Waals surface area (Å²) in [4.78, 5) is 0. The van der Waals surface area contributed by atoms with E-state index >= 15 is 0 Å². The number of benzene rings is 2. The number of hydrogen-bond acceptors (Lipinski definition) is 2. The van der Waals surface area contributed by atoms with Gasteiger partial charge in [0.25, 0.3) is 0 Å². The van der Waals surface area contributed by atoms with Crippen molar-refractivity contribution in [2.24, 2.45) is 5.73 Å². The van der Waals surface area contributed by atoms with Crippen LogP contribution in [0, 0.1) is 0 Å². The Morgan fingerprint density at radius 3 is 2.53 bits per heavy atom. The highest BCUT2D eigenvalue weighted by atomic mass is 35.5. The molecular weight excluding hydrogens is 258 g/mol. The van der Waals surface area contributed by atoms with Gasteiger partial charge in [-0.25, -0.2) is 0 Å². The lowest BCUT2D eigenvalue weighted by Crippen LogP contribution is -2.10. The predicted molar refractivity (Wildman–Crippen MR) is 79.4 cm³/mol. The largest absolute Gasteiger partial charge is 0.489 e. The van der Waals surface area contributed by atoms with Gasteiger partial charge in [-0.15, -0.1) is 0 Å². The van der Waals surface area contributed by atoms with Gasteiger partial charge < -0.3 is 10.5 Å². The Balaban J connectivity index is 2.14. The summed E-state index contributed by atoms with van der Waals surface area (Å²) in [7, 11) is 0. The zero-order chi connectivity index (χ0) is 13.7. The third-order valence-corrected chi connectivity index (χ3v) is 3.47. The van der Waals surface area contributed by atoms with Crippen LogP contribution >= 0.6 is 11.6 Å². The summed E-state index contributed by atoms with van der Waals surface area (Å²) >= 11 is 6.12. The van der Waals surface area contributed by atoms with E-state index in [1.807, 2.05) is 48.5 Å². The Labute approximate surface area is 119 Å². The minimum absolute atomic E-state index is 0.00226. The van der Waals surface area contributed by atoms with Crippen LogP contribution in [-0.2, 0) is 6.61 Å². The van der Waals surface area contributed by atoms with Gasteiger partial charge in [-0.1, -0.05) is 54.9 Å². The van der Waals surface area contributed by atoms with E-state index in [9.17, 15) is 0 Å². The molecule has 0 fully saturated rings. The highest BCUT2D eigenvalue weighted by Crippen LogP contribution is 2.27. The first kappa shape index (κ1) is 13.9. The summed E-state index contributed by atoms with van der Waals surface area (Å²) in [6.45, 7) is 2.52. The van der Waals surface area contributed by atoms with Crippen molar-refractivity contribution in [3.8, 4) is 5.75 Å². The molecule has 0 aromatic heterocycles. The van der Waals surface area contributed by atoms with Crippen molar-refractivity contribution in [2.75, 3.05) is 0 Å². The SMILES string of the molecule is CCC(N)c1ccccc1OCc1ccccc1Cl. The lowest BCUT2D eigenvalue weighted by molar-refractivity contribution is 0.301. The molecule has 0 heterocycles. The third-order valence-electron chi connectivity index (χ3n) is 3.10. The van der Waals surface area contributed by atoms with E-state index in [1.54, 1.807) is 0 Å². The molecule has 1 atom stereocenters. The molecule has 2 nitrogen and oxygen atoms in total. The summed E-state index contributed by atoms with van der Waals surface area (Å²) in [6.07, 6.45) is 0.881. The van der Waals surface area contributed by atoms with Crippen molar-refractivity contribution in [1.29, 1.82) is 0 Å². The molecular formula is C16H18ClNO. The molecule has 0 aliphatic carbocycles. The Kier molecular flexibility index (Phi) is 4.83. The summed E-state index contributed by atoms with van der Waals surface area (Å²) in [6, 6.07) is 15.6. The van der Waals surface area contributed by atoms with Crippen LogP contribution in [-0.4, -0.2) is 0 Å². The van der Waals surface area contributed by atoms with Gasteiger partial charge in [0.1, 0.15) is 12.4 Å². The van der Waals surface area contributed by atoms with E-state index in [4.69, 9.17) is 22.1 Å². The number of halogens is 1. The average molecular weight is 276 g/mol. The van der Waals surface area contributed by atoms with Crippen LogP contribution in [0.25, 0.3) is 0 Å². The van der Waals surface area contributed by atoms with E-state index in [-0.39, 0.29) is 6.04 Å². The maximum atomic E-state index is 6.12. The van der Waals surface area contributed by atoms with Crippen LogP contribution in [0.1, 0.15) is 30.5 Å². The normalized spacial score (nSPS) is 12.2. The highest BCUT2D eigenvalue weighted by Gasteiger charge is 2.10. The molecule has 19 heavy (non-hydrogen) atoms. The summed E-state index contributed by atoms with van der Waals surface area (Å²) in [5.74, 6) is 0.830. The lowest BCUT2D eigenvalue weighted by Gasteiger charge is -2.16. The van der Waals surface area contributed by atoms with Crippen molar-refractivity contribution in [3.05, 3.63) is 64.7 Å². The van der Waals surface area contributed by atoms with Crippen LogP contribution < -0.4 is 10.5 Å². The first-order chi connectivity index (χ1) is 9.22. The zero-order valence-electron chi connectivity index (χ0n) is 11.0. The van der Waals surface area contributed by atoms with E-state index in [1.165, 1.54) is 0 Å². The Bertz CT molecular complexity index is 542. The molecule has 1 unspecified atom stereocenters. The summed E-state index contributed by atoms with van der Waals surface area (Å²) in [5.41, 5.74) is 8.10. The molecule has 2 N–H and O–H groups in total. The molecule has 0 radical (unpaired) electrons. The maximum absolute atomic E-state index is 6.12. The average Bonchev–Trinajstić information content (AvgIpc) is 2.46. The van der Waals surface area contributed by atoms with Crippen LogP contribution in [0.15, 0.2) is 48.5 Å². The molecule has 0 saturated heterocycles. The number of rotatable bonds is 5. The fraction of sp³-hybridized carbons (Fsp3) is 0.250. The van der Waals surface area contributed by atoms with Crippen molar-refractivity contribution < 1.29 is 4.74 Å². The zero-order valence-corrected chi connectivity index (χ0v) is 11.7. The van der Waals surface area contributed by atoms with Crippen molar-refractivity contribution in [2.45, 2.75) is 26.0 Å². The quantitative estimate of drug-likeness (QED) is 0.881. The van der Waals surface area contributed by atoms with E-state index in [0.29, 0.717) is 6.61 Å². The fourth-order valence-corrected chi connectivity index (χ4v) is 2.10. The number of para-hydroxylation sites is 1. The monoisotopic (exact) mass is 275 g/mol. The predicted octanol–water partition coefficient (Wildman–Crippen LogP) is 4.33. The molecule has 0 saturated carbocycles. The van der Waals surface area contributed by atoms with Crippen LogP contribution in [0.4, 0.5) is 0 Å². The van der Waals surface area contributed by atoms with Gasteiger partial charge in [-0.2, -0.15) is 0 Å². The van der Waals surface area contributed by atoms with E-state index in [0.717, 1.165) is 28.3 Å². The highest BCUT2D eigenvalue weighted by molar-refractivity contribution is 6.31. The summed E-state index contributed by atoms with van der Waals surface area (Å²) in [5, 5.41) is 0.722. The number of hydrogen-bond donors (Lipinski definition) is 1. The molecule has 2 aromatic rings. The van der Waals surface area contributed by atoms with Crippen LogP contribution in [0.3, 0.4) is 0 Å². The van der Waals surface area contributed by atoms with Gasteiger partial charge in [0.05, 0.1) is 0 Å². The molecule has 2 aromatic carbocycles. The molecule has 0 amide bonds. The molecule has 3 heteroatoms. The second-order valence-electron chi connectivity index (χ2n) is 4.43. The second kappa shape index (κ2) is 6.60. The van der Waals surface area contributed by atoms with Crippen molar-refractivity contribution >= 4 is 11.6 Å². The molecule has 2 rings (SSSR count). The molecule has 0 spiro atoms. The van der Waals surface area contributed by atoms with Crippen LogP contribution in [0.5, 0.6) is 5.75 Å². The van der Waals surface area contributed by atoms with Gasteiger partial charge in [0, 0.05) is 22.2 Å². The smallest absolute Gasteiger partial charge is 0.124 e. The van der Waals surface area contributed by atoms with E-state index in [2.05, 4.69) is 6.92 Å². The van der Waals surface area contributed by atoms with Crippen molar-refractivity contribution in [3.63, 3.8) is 0 Å². The minimum atomic E-state index is 0.00226. The minimum Gasteiger partial charge on any atom is -0.489 e. The first-order valence-electron chi connectivity index (χ1n) is 6.43. The Hall–Kier alpha value is -1.51. The summed E-state index contributed by atoms with van der Waals surface area (Å²) < 4.78 is 5.86. The van der Waals surface area contributed by atoms with Gasteiger partial charge in [-0.05, 0) is 18.6 Å². The second-order valence-corrected chi connectivity index (χ2v) is 4.84. The molecule has 0 bridgehead atoms. The standard InChI is InChI=1S/C16H18ClNO/c1-2-15(18)13-8-4-6-10-16(13)19-11-12-7-3-5-9-14(12)17/h3-10,15H,2,11,18H2,1H3. The van der Waals surface area contributed by atoms with Crippen LogP contribution in [0.2, 0.25) is 5.02 Å². The molecule has 100 valence electrons. The maximum Gasteiger partial charge on any atom is 0.124 e. The molecule has 0 aliphatic rings. The number of nitrogens with two attached hydrogens (primary N) is 1. The number of ether oxygens (including phenoxy) is 1. The van der Waals surface area contributed by atoms with E-state index < -0.39 is 0 Å². The van der Waals surface area contributed by atoms with Gasteiger partial charge in [0.2, 0.25) is 0 Å².